The molecule has 2 aliphatic rings. The van der Waals surface area contributed by atoms with Crippen molar-refractivity contribution in [1.29, 1.82) is 0 Å². The highest BCUT2D eigenvalue weighted by molar-refractivity contribution is 4.94. The normalized spacial score (nSPS) is 37.5. The van der Waals surface area contributed by atoms with Crippen molar-refractivity contribution >= 4 is 0 Å². The van der Waals surface area contributed by atoms with Crippen molar-refractivity contribution in [2.45, 2.75) is 31.3 Å². The Labute approximate surface area is 61.2 Å². The summed E-state index contributed by atoms with van der Waals surface area (Å²) in [6.07, 6.45) is 4.27. The van der Waals surface area contributed by atoms with Crippen molar-refractivity contribution < 1.29 is 9.84 Å². The van der Waals surface area contributed by atoms with Crippen molar-refractivity contribution in [3.63, 3.8) is 0 Å². The van der Waals surface area contributed by atoms with Gasteiger partial charge in [0, 0.05) is 12.5 Å². The van der Waals surface area contributed by atoms with Gasteiger partial charge in [0.2, 0.25) is 0 Å². The van der Waals surface area contributed by atoms with Gasteiger partial charge in [0.1, 0.15) is 0 Å². The summed E-state index contributed by atoms with van der Waals surface area (Å²) in [5, 5.41) is 9.83. The van der Waals surface area contributed by atoms with E-state index in [0.29, 0.717) is 5.92 Å². The molecule has 1 saturated heterocycles. The van der Waals surface area contributed by atoms with Gasteiger partial charge in [0.15, 0.2) is 0 Å². The van der Waals surface area contributed by atoms with Crippen LogP contribution in [-0.2, 0) is 4.74 Å². The Morgan fingerprint density at radius 1 is 1.40 bits per heavy atom. The summed E-state index contributed by atoms with van der Waals surface area (Å²) in [5.74, 6) is 0.446. The highest BCUT2D eigenvalue weighted by Gasteiger charge is 2.43. The van der Waals surface area contributed by atoms with E-state index in [1.165, 1.54) is 6.42 Å². The molecule has 0 bridgehead atoms. The lowest BCUT2D eigenvalue weighted by Gasteiger charge is -2.41. The molecule has 1 atom stereocenters. The van der Waals surface area contributed by atoms with Crippen LogP contribution in [0.15, 0.2) is 0 Å². The van der Waals surface area contributed by atoms with Crippen molar-refractivity contribution in [3.05, 3.63) is 0 Å². The maximum atomic E-state index is 9.83. The third kappa shape index (κ3) is 0.867. The molecular weight excluding hydrogens is 128 g/mol. The zero-order chi connectivity index (χ0) is 7.03. The second kappa shape index (κ2) is 2.21. The molecule has 2 fully saturated rings. The lowest BCUT2D eigenvalue weighted by molar-refractivity contribution is -0.0839. The first-order valence-corrected chi connectivity index (χ1v) is 4.11. The van der Waals surface area contributed by atoms with Crippen LogP contribution >= 0.6 is 0 Å². The first kappa shape index (κ1) is 6.62. The molecule has 0 spiro atoms. The van der Waals surface area contributed by atoms with Crippen LogP contribution in [0.4, 0.5) is 0 Å². The Balaban J connectivity index is 1.96. The molecule has 0 radical (unpaired) electrons. The molecule has 1 aliphatic carbocycles. The SMILES string of the molecule is OC1(C2CCOC2)CCC1. The fraction of sp³-hybridized carbons (Fsp3) is 1.00. The van der Waals surface area contributed by atoms with Crippen molar-refractivity contribution in [1.82, 2.24) is 0 Å². The number of ether oxygens (including phenoxy) is 1. The van der Waals surface area contributed by atoms with Gasteiger partial charge in [-0.05, 0) is 25.7 Å². The fourth-order valence-electron chi connectivity index (χ4n) is 1.91. The van der Waals surface area contributed by atoms with Gasteiger partial charge < -0.3 is 9.84 Å². The van der Waals surface area contributed by atoms with Gasteiger partial charge in [-0.15, -0.1) is 0 Å². The summed E-state index contributed by atoms with van der Waals surface area (Å²) in [4.78, 5) is 0. The summed E-state index contributed by atoms with van der Waals surface area (Å²) in [6.45, 7) is 1.64. The summed E-state index contributed by atoms with van der Waals surface area (Å²) in [5.41, 5.74) is -0.323. The molecule has 2 heteroatoms. The molecule has 2 nitrogen and oxygen atoms in total. The van der Waals surface area contributed by atoms with Gasteiger partial charge in [-0.2, -0.15) is 0 Å². The molecule has 0 aromatic rings. The molecule has 10 heavy (non-hydrogen) atoms. The van der Waals surface area contributed by atoms with E-state index >= 15 is 0 Å². The summed E-state index contributed by atoms with van der Waals surface area (Å²) < 4.78 is 5.22. The van der Waals surface area contributed by atoms with E-state index in [1.54, 1.807) is 0 Å². The van der Waals surface area contributed by atoms with E-state index in [0.717, 1.165) is 32.5 Å². The Hall–Kier alpha value is -0.0800. The first-order chi connectivity index (χ1) is 4.81. The van der Waals surface area contributed by atoms with E-state index < -0.39 is 0 Å². The maximum absolute atomic E-state index is 9.83. The third-order valence-corrected chi connectivity index (χ3v) is 2.91. The average Bonchev–Trinajstić information content (AvgIpc) is 2.33. The summed E-state index contributed by atoms with van der Waals surface area (Å²) in [6, 6.07) is 0. The molecular formula is C8H14O2. The molecule has 0 amide bonds. The largest absolute Gasteiger partial charge is 0.390 e. The predicted molar refractivity (Wildman–Crippen MR) is 37.7 cm³/mol. The monoisotopic (exact) mass is 142 g/mol. The maximum Gasteiger partial charge on any atom is 0.0698 e. The minimum absolute atomic E-state index is 0.323. The highest BCUT2D eigenvalue weighted by Crippen LogP contribution is 2.41. The van der Waals surface area contributed by atoms with Gasteiger partial charge in [-0.25, -0.2) is 0 Å². The van der Waals surface area contributed by atoms with Crippen LogP contribution in [0.3, 0.4) is 0 Å². The predicted octanol–water partition coefficient (Wildman–Crippen LogP) is 0.938. The summed E-state index contributed by atoms with van der Waals surface area (Å²) >= 11 is 0. The van der Waals surface area contributed by atoms with Crippen molar-refractivity contribution in [2.24, 2.45) is 5.92 Å². The lowest BCUT2D eigenvalue weighted by Crippen LogP contribution is -2.44. The Kier molecular flexibility index (Phi) is 1.46. The first-order valence-electron chi connectivity index (χ1n) is 4.11. The topological polar surface area (TPSA) is 29.5 Å². The van der Waals surface area contributed by atoms with Crippen molar-refractivity contribution in [3.8, 4) is 0 Å². The minimum Gasteiger partial charge on any atom is -0.390 e. The number of rotatable bonds is 1. The van der Waals surface area contributed by atoms with E-state index in [1.807, 2.05) is 0 Å². The second-order valence-corrected chi connectivity index (χ2v) is 3.52. The van der Waals surface area contributed by atoms with Crippen molar-refractivity contribution in [2.75, 3.05) is 13.2 Å². The van der Waals surface area contributed by atoms with Crippen LogP contribution in [0.5, 0.6) is 0 Å². The van der Waals surface area contributed by atoms with Crippen LogP contribution in [0.25, 0.3) is 0 Å². The smallest absolute Gasteiger partial charge is 0.0698 e. The molecule has 1 heterocycles. The van der Waals surface area contributed by atoms with E-state index in [2.05, 4.69) is 0 Å². The van der Waals surface area contributed by atoms with Crippen LogP contribution in [0, 0.1) is 5.92 Å². The molecule has 2 rings (SSSR count). The molecule has 58 valence electrons. The quantitative estimate of drug-likeness (QED) is 0.590. The lowest BCUT2D eigenvalue weighted by atomic mass is 9.71. The van der Waals surface area contributed by atoms with Crippen LogP contribution in [-0.4, -0.2) is 23.9 Å². The number of hydrogen-bond donors (Lipinski definition) is 1. The molecule has 1 N–H and O–H groups in total. The van der Waals surface area contributed by atoms with Gasteiger partial charge in [0.05, 0.1) is 12.2 Å². The molecule has 1 saturated carbocycles. The molecule has 1 unspecified atom stereocenters. The third-order valence-electron chi connectivity index (χ3n) is 2.91. The second-order valence-electron chi connectivity index (χ2n) is 3.52. The summed E-state index contributed by atoms with van der Waals surface area (Å²) in [7, 11) is 0. The molecule has 1 aliphatic heterocycles. The van der Waals surface area contributed by atoms with Crippen LogP contribution in [0.1, 0.15) is 25.7 Å². The average molecular weight is 142 g/mol. The van der Waals surface area contributed by atoms with E-state index in [9.17, 15) is 5.11 Å². The molecule has 0 aromatic heterocycles. The highest BCUT2D eigenvalue weighted by atomic mass is 16.5. The zero-order valence-electron chi connectivity index (χ0n) is 6.18. The standard InChI is InChI=1S/C8H14O2/c9-8(3-1-4-8)7-2-5-10-6-7/h7,9H,1-6H2. The van der Waals surface area contributed by atoms with Crippen LogP contribution in [0.2, 0.25) is 0 Å². The minimum atomic E-state index is -0.323. The molecule has 0 aromatic carbocycles. The van der Waals surface area contributed by atoms with E-state index in [4.69, 9.17) is 4.74 Å². The van der Waals surface area contributed by atoms with Crippen LogP contribution < -0.4 is 0 Å². The van der Waals surface area contributed by atoms with Gasteiger partial charge in [-0.3, -0.25) is 0 Å². The van der Waals surface area contributed by atoms with E-state index in [-0.39, 0.29) is 5.60 Å². The van der Waals surface area contributed by atoms with Gasteiger partial charge in [0.25, 0.3) is 0 Å². The fourth-order valence-corrected chi connectivity index (χ4v) is 1.91. The Morgan fingerprint density at radius 2 is 2.20 bits per heavy atom. The van der Waals surface area contributed by atoms with Gasteiger partial charge in [-0.1, -0.05) is 0 Å². The van der Waals surface area contributed by atoms with Gasteiger partial charge >= 0.3 is 0 Å². The number of aliphatic hydroxyl groups is 1. The zero-order valence-corrected chi connectivity index (χ0v) is 6.18. The Morgan fingerprint density at radius 3 is 2.60 bits per heavy atom. The number of hydrogen-bond acceptors (Lipinski definition) is 2. The Bertz CT molecular complexity index is 123.